The van der Waals surface area contributed by atoms with Crippen molar-refractivity contribution in [3.05, 3.63) is 107 Å². The van der Waals surface area contributed by atoms with Crippen LogP contribution in [-0.4, -0.2) is 44.1 Å². The molecule has 1 saturated heterocycles. The predicted molar refractivity (Wildman–Crippen MR) is 144 cm³/mol. The van der Waals surface area contributed by atoms with Gasteiger partial charge in [-0.1, -0.05) is 72.8 Å². The van der Waals surface area contributed by atoms with E-state index in [2.05, 4.69) is 89.9 Å². The maximum absolute atomic E-state index is 6.23. The minimum absolute atomic E-state index is 0.244. The van der Waals surface area contributed by atoms with Crippen LogP contribution in [0.4, 0.5) is 0 Å². The van der Waals surface area contributed by atoms with Gasteiger partial charge in [0.1, 0.15) is 5.75 Å². The number of hydrogen-bond acceptors (Lipinski definition) is 3. The van der Waals surface area contributed by atoms with E-state index in [0.29, 0.717) is 11.8 Å². The standard InChI is InChI=1S/C30H35ClN2O/c1-23(24-11-13-29(34-2)14-12-24)33(20-17-31)19-16-30(25-7-4-3-5-8-25)27-10-6-9-26(21-27)28-15-18-32-22-28/h3-14,16,21,23,28,32H,15,17-20,22H2,1-2H3/b30-16+/t23-,28?/m1/s1. The maximum Gasteiger partial charge on any atom is 0.118 e. The van der Waals surface area contributed by atoms with Gasteiger partial charge in [0.2, 0.25) is 0 Å². The summed E-state index contributed by atoms with van der Waals surface area (Å²) in [7, 11) is 1.70. The zero-order chi connectivity index (χ0) is 23.8. The quantitative estimate of drug-likeness (QED) is 0.339. The van der Waals surface area contributed by atoms with E-state index in [-0.39, 0.29) is 6.04 Å². The molecular formula is C30H35ClN2O. The Hall–Kier alpha value is -2.59. The largest absolute Gasteiger partial charge is 0.497 e. The van der Waals surface area contributed by atoms with E-state index in [9.17, 15) is 0 Å². The lowest BCUT2D eigenvalue weighted by molar-refractivity contribution is 0.248. The minimum atomic E-state index is 0.244. The fraction of sp³-hybridized carbons (Fsp3) is 0.333. The number of nitrogens with one attached hydrogen (secondary N) is 1. The zero-order valence-corrected chi connectivity index (χ0v) is 21.0. The molecule has 0 aromatic heterocycles. The molecule has 1 heterocycles. The molecule has 3 aromatic carbocycles. The van der Waals surface area contributed by atoms with Gasteiger partial charge in [-0.2, -0.15) is 0 Å². The van der Waals surface area contributed by atoms with Crippen LogP contribution in [-0.2, 0) is 0 Å². The number of nitrogens with zero attached hydrogens (tertiary/aromatic N) is 1. The Kier molecular flexibility index (Phi) is 8.81. The molecule has 1 unspecified atom stereocenters. The highest BCUT2D eigenvalue weighted by Gasteiger charge is 2.18. The third-order valence-corrected chi connectivity index (χ3v) is 7.03. The molecule has 4 heteroatoms. The Labute approximate surface area is 209 Å². The van der Waals surface area contributed by atoms with Crippen LogP contribution >= 0.6 is 11.6 Å². The number of alkyl halides is 1. The van der Waals surface area contributed by atoms with Crippen molar-refractivity contribution < 1.29 is 4.74 Å². The van der Waals surface area contributed by atoms with Crippen LogP contribution in [0.15, 0.2) is 84.9 Å². The average Bonchev–Trinajstić information content (AvgIpc) is 3.44. The van der Waals surface area contributed by atoms with E-state index in [1.165, 1.54) is 34.2 Å². The van der Waals surface area contributed by atoms with E-state index in [4.69, 9.17) is 16.3 Å². The van der Waals surface area contributed by atoms with Gasteiger partial charge >= 0.3 is 0 Å². The average molecular weight is 475 g/mol. The summed E-state index contributed by atoms with van der Waals surface area (Å²) < 4.78 is 5.33. The summed E-state index contributed by atoms with van der Waals surface area (Å²) in [6, 6.07) is 28.4. The van der Waals surface area contributed by atoms with Crippen LogP contribution in [0.5, 0.6) is 5.75 Å². The van der Waals surface area contributed by atoms with Crippen molar-refractivity contribution in [3.63, 3.8) is 0 Å². The Bertz CT molecular complexity index is 1060. The molecule has 4 rings (SSSR count). The monoisotopic (exact) mass is 474 g/mol. The molecule has 1 N–H and O–H groups in total. The van der Waals surface area contributed by atoms with Gasteiger partial charge in [0, 0.05) is 31.6 Å². The third-order valence-electron chi connectivity index (χ3n) is 6.86. The van der Waals surface area contributed by atoms with Crippen molar-refractivity contribution >= 4 is 17.2 Å². The van der Waals surface area contributed by atoms with E-state index in [0.717, 1.165) is 31.9 Å². The minimum Gasteiger partial charge on any atom is -0.497 e. The summed E-state index contributed by atoms with van der Waals surface area (Å²) in [5.74, 6) is 2.07. The molecule has 0 saturated carbocycles. The van der Waals surface area contributed by atoms with Gasteiger partial charge in [0.25, 0.3) is 0 Å². The van der Waals surface area contributed by atoms with Gasteiger partial charge in [0.15, 0.2) is 0 Å². The first-order valence-electron chi connectivity index (χ1n) is 12.2. The second-order valence-electron chi connectivity index (χ2n) is 8.93. The van der Waals surface area contributed by atoms with E-state index in [1.807, 2.05) is 12.1 Å². The van der Waals surface area contributed by atoms with Gasteiger partial charge < -0.3 is 10.1 Å². The number of benzene rings is 3. The van der Waals surface area contributed by atoms with Crippen LogP contribution in [0.2, 0.25) is 0 Å². The number of methoxy groups -OCH3 is 1. The highest BCUT2D eigenvalue weighted by molar-refractivity contribution is 6.18. The first kappa shape index (κ1) is 24.5. The molecule has 3 aromatic rings. The Morgan fingerprint density at radius 1 is 1.06 bits per heavy atom. The summed E-state index contributed by atoms with van der Waals surface area (Å²) in [6.45, 7) is 6.06. The van der Waals surface area contributed by atoms with Gasteiger partial charge in [0.05, 0.1) is 7.11 Å². The van der Waals surface area contributed by atoms with Gasteiger partial charge in [-0.05, 0) is 65.8 Å². The zero-order valence-electron chi connectivity index (χ0n) is 20.2. The fourth-order valence-corrected chi connectivity index (χ4v) is 4.99. The van der Waals surface area contributed by atoms with Crippen molar-refractivity contribution in [2.45, 2.75) is 25.3 Å². The molecule has 2 atom stereocenters. The lowest BCUT2D eigenvalue weighted by Crippen LogP contribution is -2.29. The van der Waals surface area contributed by atoms with Crippen molar-refractivity contribution in [1.29, 1.82) is 0 Å². The molecule has 1 aliphatic rings. The first-order valence-corrected chi connectivity index (χ1v) is 12.7. The summed E-state index contributed by atoms with van der Waals surface area (Å²) in [4.78, 5) is 2.43. The number of hydrogen-bond donors (Lipinski definition) is 1. The van der Waals surface area contributed by atoms with Crippen LogP contribution in [0.1, 0.15) is 47.6 Å². The van der Waals surface area contributed by atoms with E-state index < -0.39 is 0 Å². The predicted octanol–water partition coefficient (Wildman–Crippen LogP) is 6.51. The van der Waals surface area contributed by atoms with E-state index >= 15 is 0 Å². The lowest BCUT2D eigenvalue weighted by Gasteiger charge is -2.28. The molecular weight excluding hydrogens is 440 g/mol. The van der Waals surface area contributed by atoms with Crippen molar-refractivity contribution in [2.24, 2.45) is 0 Å². The van der Waals surface area contributed by atoms with Gasteiger partial charge in [-0.25, -0.2) is 0 Å². The molecule has 0 bridgehead atoms. The van der Waals surface area contributed by atoms with Crippen LogP contribution < -0.4 is 10.1 Å². The first-order chi connectivity index (χ1) is 16.7. The summed E-state index contributed by atoms with van der Waals surface area (Å²) in [5, 5.41) is 3.50. The molecule has 1 aliphatic heterocycles. The van der Waals surface area contributed by atoms with Crippen LogP contribution in [0.3, 0.4) is 0 Å². The topological polar surface area (TPSA) is 24.5 Å². The number of halogens is 1. The van der Waals surface area contributed by atoms with E-state index in [1.54, 1.807) is 7.11 Å². The maximum atomic E-state index is 6.23. The number of ether oxygens (including phenoxy) is 1. The normalized spacial score (nSPS) is 17.2. The molecule has 0 aliphatic carbocycles. The third kappa shape index (κ3) is 6.09. The molecule has 0 amide bonds. The van der Waals surface area contributed by atoms with Crippen molar-refractivity contribution in [1.82, 2.24) is 10.2 Å². The van der Waals surface area contributed by atoms with Crippen molar-refractivity contribution in [3.8, 4) is 5.75 Å². The Morgan fingerprint density at radius 3 is 2.50 bits per heavy atom. The Morgan fingerprint density at radius 2 is 1.82 bits per heavy atom. The molecule has 0 spiro atoms. The molecule has 0 radical (unpaired) electrons. The summed E-state index contributed by atoms with van der Waals surface area (Å²) in [6.07, 6.45) is 3.57. The van der Waals surface area contributed by atoms with Crippen LogP contribution in [0, 0.1) is 0 Å². The number of rotatable bonds is 10. The molecule has 178 valence electrons. The molecule has 34 heavy (non-hydrogen) atoms. The highest BCUT2D eigenvalue weighted by atomic mass is 35.5. The smallest absolute Gasteiger partial charge is 0.118 e. The fourth-order valence-electron chi connectivity index (χ4n) is 4.77. The highest BCUT2D eigenvalue weighted by Crippen LogP contribution is 2.30. The van der Waals surface area contributed by atoms with Gasteiger partial charge in [-0.15, -0.1) is 11.6 Å². The van der Waals surface area contributed by atoms with Crippen LogP contribution in [0.25, 0.3) is 5.57 Å². The second-order valence-corrected chi connectivity index (χ2v) is 9.31. The van der Waals surface area contributed by atoms with Gasteiger partial charge in [-0.3, -0.25) is 4.90 Å². The molecule has 3 nitrogen and oxygen atoms in total. The summed E-state index contributed by atoms with van der Waals surface area (Å²) in [5.41, 5.74) is 6.48. The summed E-state index contributed by atoms with van der Waals surface area (Å²) >= 11 is 6.23. The lowest BCUT2D eigenvalue weighted by atomic mass is 9.91. The molecule has 1 fully saturated rings. The SMILES string of the molecule is COc1ccc([C@@H](C)N(C/C=C(\c2ccccc2)c2cccc(C3CCNC3)c2)CCCl)cc1. The second kappa shape index (κ2) is 12.2. The van der Waals surface area contributed by atoms with Crippen molar-refractivity contribution in [2.75, 3.05) is 39.2 Å². The Balaban J connectivity index is 1.63.